The Bertz CT molecular complexity index is 223. The lowest BCUT2D eigenvalue weighted by atomic mass is 10.1. The summed E-state index contributed by atoms with van der Waals surface area (Å²) in [5.74, 6) is -0.486. The van der Waals surface area contributed by atoms with E-state index >= 15 is 0 Å². The summed E-state index contributed by atoms with van der Waals surface area (Å²) in [6.45, 7) is 6.93. The van der Waals surface area contributed by atoms with Crippen molar-refractivity contribution < 1.29 is 14.3 Å². The van der Waals surface area contributed by atoms with Gasteiger partial charge < -0.3 is 15.2 Å². The molecule has 0 aromatic heterocycles. The first-order chi connectivity index (χ1) is 6.65. The van der Waals surface area contributed by atoms with E-state index in [1.165, 1.54) is 0 Å². The predicted molar refractivity (Wildman–Crippen MR) is 52.7 cm³/mol. The lowest BCUT2D eigenvalue weighted by Gasteiger charge is -2.16. The number of primary amides is 1. The average molecular weight is 199 g/mol. The fourth-order valence-corrected chi connectivity index (χ4v) is 1.17. The number of epoxide rings is 1. The number of rotatable bonds is 7. The zero-order valence-electron chi connectivity index (χ0n) is 8.49. The third-order valence-corrected chi connectivity index (χ3v) is 2.14. The monoisotopic (exact) mass is 199 g/mol. The summed E-state index contributed by atoms with van der Waals surface area (Å²) in [6, 6.07) is 0. The first-order valence-electron chi connectivity index (χ1n) is 4.87. The molecule has 2 N–H and O–H groups in total. The van der Waals surface area contributed by atoms with Crippen LogP contribution in [0.2, 0.25) is 0 Å². The SMILES string of the molecule is C=C(C(N)=O)C(CCC)OCC1CO1. The Kier molecular flexibility index (Phi) is 4.10. The highest BCUT2D eigenvalue weighted by molar-refractivity contribution is 5.92. The minimum absolute atomic E-state index is 0.204. The molecule has 4 heteroatoms. The molecule has 2 unspecified atom stereocenters. The van der Waals surface area contributed by atoms with Crippen LogP contribution >= 0.6 is 0 Å². The summed E-state index contributed by atoms with van der Waals surface area (Å²) in [6.07, 6.45) is 1.66. The van der Waals surface area contributed by atoms with Crippen molar-refractivity contribution in [3.05, 3.63) is 12.2 Å². The Balaban J connectivity index is 2.35. The molecular formula is C10H17NO3. The molecule has 0 bridgehead atoms. The Morgan fingerprint density at radius 1 is 1.79 bits per heavy atom. The van der Waals surface area contributed by atoms with Gasteiger partial charge in [-0.25, -0.2) is 0 Å². The van der Waals surface area contributed by atoms with Gasteiger partial charge in [-0.3, -0.25) is 4.79 Å². The lowest BCUT2D eigenvalue weighted by Crippen LogP contribution is -2.27. The fourth-order valence-electron chi connectivity index (χ4n) is 1.17. The summed E-state index contributed by atoms with van der Waals surface area (Å²) < 4.78 is 10.5. The van der Waals surface area contributed by atoms with Crippen LogP contribution < -0.4 is 5.73 Å². The van der Waals surface area contributed by atoms with Gasteiger partial charge >= 0.3 is 0 Å². The van der Waals surface area contributed by atoms with Crippen molar-refractivity contribution in [1.82, 2.24) is 0 Å². The lowest BCUT2D eigenvalue weighted by molar-refractivity contribution is -0.116. The van der Waals surface area contributed by atoms with Crippen LogP contribution in [-0.2, 0) is 14.3 Å². The molecule has 4 nitrogen and oxygen atoms in total. The summed E-state index contributed by atoms with van der Waals surface area (Å²) in [7, 11) is 0. The molecule has 0 spiro atoms. The maximum Gasteiger partial charge on any atom is 0.246 e. The predicted octanol–water partition coefficient (Wildman–Crippen LogP) is 0.612. The molecule has 1 amide bonds. The molecule has 14 heavy (non-hydrogen) atoms. The van der Waals surface area contributed by atoms with Crippen molar-refractivity contribution in [2.75, 3.05) is 13.2 Å². The third-order valence-electron chi connectivity index (χ3n) is 2.14. The molecule has 0 aromatic rings. The van der Waals surface area contributed by atoms with E-state index < -0.39 is 5.91 Å². The van der Waals surface area contributed by atoms with Crippen LogP contribution in [0.1, 0.15) is 19.8 Å². The van der Waals surface area contributed by atoms with E-state index in [1.54, 1.807) is 0 Å². The van der Waals surface area contributed by atoms with Gasteiger partial charge in [-0.2, -0.15) is 0 Å². The van der Waals surface area contributed by atoms with E-state index in [9.17, 15) is 4.79 Å². The second-order valence-electron chi connectivity index (χ2n) is 3.46. The molecular weight excluding hydrogens is 182 g/mol. The van der Waals surface area contributed by atoms with Crippen LogP contribution in [-0.4, -0.2) is 31.3 Å². The molecule has 1 aliphatic heterocycles. The zero-order valence-corrected chi connectivity index (χ0v) is 8.49. The van der Waals surface area contributed by atoms with Crippen LogP contribution in [0.5, 0.6) is 0 Å². The van der Waals surface area contributed by atoms with Crippen molar-refractivity contribution in [1.29, 1.82) is 0 Å². The van der Waals surface area contributed by atoms with Gasteiger partial charge in [0.15, 0.2) is 0 Å². The second kappa shape index (κ2) is 5.12. The maximum absolute atomic E-state index is 10.9. The molecule has 1 rings (SSSR count). The summed E-state index contributed by atoms with van der Waals surface area (Å²) in [5, 5.41) is 0. The van der Waals surface area contributed by atoms with Crippen LogP contribution in [0.4, 0.5) is 0 Å². The molecule has 0 aliphatic carbocycles. The van der Waals surface area contributed by atoms with Gasteiger partial charge in [0, 0.05) is 5.57 Å². The normalized spacial score (nSPS) is 21.6. The molecule has 80 valence electrons. The number of nitrogens with two attached hydrogens (primary N) is 1. The Labute approximate surface area is 84.1 Å². The number of carbonyl (C=O) groups excluding carboxylic acids is 1. The van der Waals surface area contributed by atoms with Crippen LogP contribution in [0, 0.1) is 0 Å². The number of ether oxygens (including phenoxy) is 2. The maximum atomic E-state index is 10.9. The number of carbonyl (C=O) groups is 1. The minimum Gasteiger partial charge on any atom is -0.371 e. The van der Waals surface area contributed by atoms with E-state index in [1.807, 2.05) is 6.92 Å². The Morgan fingerprint density at radius 2 is 2.43 bits per heavy atom. The first kappa shape index (κ1) is 11.2. The standard InChI is InChI=1S/C10H17NO3/c1-3-4-9(7(2)10(11)12)14-6-8-5-13-8/h8-9H,2-6H2,1H3,(H2,11,12). The number of hydrogen-bond acceptors (Lipinski definition) is 3. The zero-order chi connectivity index (χ0) is 10.6. The molecule has 1 fully saturated rings. The minimum atomic E-state index is -0.486. The third kappa shape index (κ3) is 3.47. The van der Waals surface area contributed by atoms with Crippen molar-refractivity contribution >= 4 is 5.91 Å². The Morgan fingerprint density at radius 3 is 2.86 bits per heavy atom. The smallest absolute Gasteiger partial charge is 0.246 e. The fraction of sp³-hybridized carbons (Fsp3) is 0.700. The molecule has 0 radical (unpaired) electrons. The van der Waals surface area contributed by atoms with E-state index in [4.69, 9.17) is 15.2 Å². The molecule has 2 atom stereocenters. The van der Waals surface area contributed by atoms with Crippen molar-refractivity contribution in [3.63, 3.8) is 0 Å². The Hall–Kier alpha value is -0.870. The van der Waals surface area contributed by atoms with E-state index in [-0.39, 0.29) is 12.2 Å². The van der Waals surface area contributed by atoms with Crippen LogP contribution in [0.25, 0.3) is 0 Å². The van der Waals surface area contributed by atoms with Gasteiger partial charge in [0.1, 0.15) is 6.10 Å². The quantitative estimate of drug-likeness (QED) is 0.482. The average Bonchev–Trinajstić information content (AvgIpc) is 2.94. The van der Waals surface area contributed by atoms with Gasteiger partial charge in [0.2, 0.25) is 5.91 Å². The van der Waals surface area contributed by atoms with E-state index in [0.717, 1.165) is 19.4 Å². The first-order valence-corrected chi connectivity index (χ1v) is 4.87. The highest BCUT2D eigenvalue weighted by atomic mass is 16.6. The van der Waals surface area contributed by atoms with Crippen molar-refractivity contribution in [2.24, 2.45) is 5.73 Å². The highest BCUT2D eigenvalue weighted by Crippen LogP contribution is 2.15. The summed E-state index contributed by atoms with van der Waals surface area (Å²) >= 11 is 0. The van der Waals surface area contributed by atoms with Crippen LogP contribution in [0.3, 0.4) is 0 Å². The molecule has 1 saturated heterocycles. The summed E-state index contributed by atoms with van der Waals surface area (Å²) in [5.41, 5.74) is 5.49. The highest BCUT2D eigenvalue weighted by Gasteiger charge is 2.25. The molecule has 1 heterocycles. The van der Waals surface area contributed by atoms with Gasteiger partial charge in [-0.15, -0.1) is 0 Å². The molecule has 1 aliphatic rings. The largest absolute Gasteiger partial charge is 0.371 e. The van der Waals surface area contributed by atoms with E-state index in [0.29, 0.717) is 12.2 Å². The topological polar surface area (TPSA) is 64.9 Å². The summed E-state index contributed by atoms with van der Waals surface area (Å²) in [4.78, 5) is 10.9. The second-order valence-corrected chi connectivity index (χ2v) is 3.46. The number of amides is 1. The number of hydrogen-bond donors (Lipinski definition) is 1. The van der Waals surface area contributed by atoms with Gasteiger partial charge in [-0.05, 0) is 6.42 Å². The van der Waals surface area contributed by atoms with Crippen molar-refractivity contribution in [3.8, 4) is 0 Å². The van der Waals surface area contributed by atoms with Gasteiger partial charge in [-0.1, -0.05) is 19.9 Å². The van der Waals surface area contributed by atoms with Crippen LogP contribution in [0.15, 0.2) is 12.2 Å². The van der Waals surface area contributed by atoms with Gasteiger partial charge in [0.05, 0.1) is 19.3 Å². The van der Waals surface area contributed by atoms with Crippen molar-refractivity contribution in [2.45, 2.75) is 32.0 Å². The van der Waals surface area contributed by atoms with E-state index in [2.05, 4.69) is 6.58 Å². The molecule has 0 aromatic carbocycles. The van der Waals surface area contributed by atoms with Gasteiger partial charge in [0.25, 0.3) is 0 Å². The molecule has 0 saturated carbocycles.